The van der Waals surface area contributed by atoms with Gasteiger partial charge in [0, 0.05) is 22.9 Å². The van der Waals surface area contributed by atoms with Crippen LogP contribution in [0.15, 0.2) is 23.1 Å². The minimum absolute atomic E-state index is 0.00180. The fraction of sp³-hybridized carbons (Fsp3) is 0.308. The van der Waals surface area contributed by atoms with Crippen molar-refractivity contribution in [1.82, 2.24) is 5.32 Å². The lowest BCUT2D eigenvalue weighted by Gasteiger charge is -2.23. The molecule has 0 aliphatic carbocycles. The van der Waals surface area contributed by atoms with Gasteiger partial charge in [-0.3, -0.25) is 14.4 Å². The Labute approximate surface area is 130 Å². The van der Waals surface area contributed by atoms with Crippen LogP contribution in [0.1, 0.15) is 12.8 Å². The Kier molecular flexibility index (Phi) is 5.08. The zero-order valence-corrected chi connectivity index (χ0v) is 12.5. The molecule has 112 valence electrons. The molecule has 3 N–H and O–H groups in total. The number of amides is 2. The lowest BCUT2D eigenvalue weighted by molar-refractivity contribution is -0.137. The third kappa shape index (κ3) is 4.37. The van der Waals surface area contributed by atoms with E-state index in [-0.39, 0.29) is 31.2 Å². The molecule has 0 spiro atoms. The van der Waals surface area contributed by atoms with Crippen molar-refractivity contribution < 1.29 is 19.5 Å². The summed E-state index contributed by atoms with van der Waals surface area (Å²) in [5.74, 6) is -1.59. The van der Waals surface area contributed by atoms with Crippen molar-refractivity contribution in [2.75, 3.05) is 11.9 Å². The van der Waals surface area contributed by atoms with Crippen LogP contribution >= 0.6 is 23.4 Å². The molecule has 6 nitrogen and oxygen atoms in total. The average Bonchev–Trinajstić information content (AvgIpc) is 2.39. The van der Waals surface area contributed by atoms with E-state index in [0.29, 0.717) is 10.7 Å². The van der Waals surface area contributed by atoms with Gasteiger partial charge >= 0.3 is 5.97 Å². The molecule has 1 aromatic rings. The molecule has 2 amide bonds. The first kappa shape index (κ1) is 15.7. The van der Waals surface area contributed by atoms with E-state index >= 15 is 0 Å². The van der Waals surface area contributed by atoms with Crippen molar-refractivity contribution in [3.63, 3.8) is 0 Å². The second-order valence-electron chi connectivity index (χ2n) is 4.43. The minimum atomic E-state index is -0.981. The Morgan fingerprint density at radius 3 is 2.90 bits per heavy atom. The van der Waals surface area contributed by atoms with Crippen LogP contribution in [-0.2, 0) is 14.4 Å². The lowest BCUT2D eigenvalue weighted by Crippen LogP contribution is -2.35. The molecule has 8 heteroatoms. The smallest absolute Gasteiger partial charge is 0.305 e. The number of carbonyl (C=O) groups excluding carboxylic acids is 2. The molecule has 1 unspecified atom stereocenters. The van der Waals surface area contributed by atoms with Gasteiger partial charge in [-0.05, 0) is 18.2 Å². The van der Waals surface area contributed by atoms with Crippen LogP contribution in [0.3, 0.4) is 0 Å². The van der Waals surface area contributed by atoms with Gasteiger partial charge in [0.15, 0.2) is 0 Å². The summed E-state index contributed by atoms with van der Waals surface area (Å²) in [7, 11) is 0. The number of fused-ring (bicyclic) bond motifs is 1. The summed E-state index contributed by atoms with van der Waals surface area (Å²) < 4.78 is 0. The number of benzene rings is 1. The molecule has 2 rings (SSSR count). The molecule has 1 aliphatic heterocycles. The van der Waals surface area contributed by atoms with Crippen LogP contribution in [-0.4, -0.2) is 34.7 Å². The van der Waals surface area contributed by atoms with Crippen LogP contribution in [0.2, 0.25) is 5.02 Å². The SMILES string of the molecule is O=C(O)CCNC(=O)CC1Sc2ccc(Cl)cc2NC1=O. The van der Waals surface area contributed by atoms with Crippen LogP contribution in [0, 0.1) is 0 Å². The number of halogens is 1. The van der Waals surface area contributed by atoms with Gasteiger partial charge < -0.3 is 15.7 Å². The van der Waals surface area contributed by atoms with Gasteiger partial charge in [0.05, 0.1) is 17.4 Å². The second-order valence-corrected chi connectivity index (χ2v) is 6.12. The fourth-order valence-corrected chi connectivity index (χ4v) is 3.07. The molecule has 0 saturated carbocycles. The van der Waals surface area contributed by atoms with Crippen molar-refractivity contribution in [2.45, 2.75) is 23.0 Å². The minimum Gasteiger partial charge on any atom is -0.481 e. The summed E-state index contributed by atoms with van der Waals surface area (Å²) in [5.41, 5.74) is 0.639. The Hall–Kier alpha value is -1.73. The summed E-state index contributed by atoms with van der Waals surface area (Å²) in [6, 6.07) is 5.16. The third-order valence-corrected chi connectivity index (χ3v) is 4.30. The summed E-state index contributed by atoms with van der Waals surface area (Å²) in [4.78, 5) is 34.8. The highest BCUT2D eigenvalue weighted by Gasteiger charge is 2.29. The summed E-state index contributed by atoms with van der Waals surface area (Å²) in [6.07, 6.45) is -0.144. The topological polar surface area (TPSA) is 95.5 Å². The first-order chi connectivity index (χ1) is 9.95. The predicted molar refractivity (Wildman–Crippen MR) is 79.6 cm³/mol. The zero-order valence-electron chi connectivity index (χ0n) is 10.9. The number of anilines is 1. The molecule has 1 aliphatic rings. The quantitative estimate of drug-likeness (QED) is 0.765. The third-order valence-electron chi connectivity index (χ3n) is 2.79. The number of rotatable bonds is 5. The van der Waals surface area contributed by atoms with Gasteiger partial charge in [-0.2, -0.15) is 0 Å². The highest BCUT2D eigenvalue weighted by atomic mass is 35.5. The molecule has 1 heterocycles. The Balaban J connectivity index is 1.93. The van der Waals surface area contributed by atoms with Gasteiger partial charge in [0.1, 0.15) is 0 Å². The number of aliphatic carboxylic acids is 1. The molecule has 0 saturated heterocycles. The molecule has 1 aromatic carbocycles. The molecule has 0 aromatic heterocycles. The Bertz CT molecular complexity index is 594. The standard InChI is InChI=1S/C13H13ClN2O4S/c14-7-1-2-9-8(5-7)16-13(20)10(21-9)6-11(17)15-4-3-12(18)19/h1-2,5,10H,3-4,6H2,(H,15,17)(H,16,20)(H,18,19). The zero-order chi connectivity index (χ0) is 15.4. The maximum absolute atomic E-state index is 11.9. The lowest BCUT2D eigenvalue weighted by atomic mass is 10.2. The molecule has 1 atom stereocenters. The summed E-state index contributed by atoms with van der Waals surface area (Å²) >= 11 is 7.15. The normalized spacial score (nSPS) is 16.8. The van der Waals surface area contributed by atoms with E-state index in [9.17, 15) is 14.4 Å². The van der Waals surface area contributed by atoms with Crippen molar-refractivity contribution in [3.8, 4) is 0 Å². The molecule has 0 bridgehead atoms. The van der Waals surface area contributed by atoms with E-state index in [1.54, 1.807) is 18.2 Å². The summed E-state index contributed by atoms with van der Waals surface area (Å²) in [6.45, 7) is 0.0549. The van der Waals surface area contributed by atoms with Crippen LogP contribution < -0.4 is 10.6 Å². The van der Waals surface area contributed by atoms with E-state index in [1.807, 2.05) is 0 Å². The van der Waals surface area contributed by atoms with Gasteiger partial charge in [0.2, 0.25) is 11.8 Å². The van der Waals surface area contributed by atoms with E-state index in [1.165, 1.54) is 11.8 Å². The number of carboxylic acid groups (broad SMARTS) is 1. The van der Waals surface area contributed by atoms with Crippen LogP contribution in [0.5, 0.6) is 0 Å². The number of thioether (sulfide) groups is 1. The van der Waals surface area contributed by atoms with Crippen molar-refractivity contribution in [3.05, 3.63) is 23.2 Å². The van der Waals surface area contributed by atoms with Crippen molar-refractivity contribution in [1.29, 1.82) is 0 Å². The maximum Gasteiger partial charge on any atom is 0.305 e. The molecule has 0 radical (unpaired) electrons. The van der Waals surface area contributed by atoms with Crippen molar-refractivity contribution in [2.24, 2.45) is 0 Å². The van der Waals surface area contributed by atoms with Gasteiger partial charge in [-0.25, -0.2) is 0 Å². The maximum atomic E-state index is 11.9. The van der Waals surface area contributed by atoms with Crippen LogP contribution in [0.25, 0.3) is 0 Å². The first-order valence-electron chi connectivity index (χ1n) is 6.21. The summed E-state index contributed by atoms with van der Waals surface area (Å²) in [5, 5.41) is 13.7. The monoisotopic (exact) mass is 328 g/mol. The second kappa shape index (κ2) is 6.82. The van der Waals surface area contributed by atoms with Crippen molar-refractivity contribution >= 4 is 46.8 Å². The molecule has 0 fully saturated rings. The molecule has 21 heavy (non-hydrogen) atoms. The van der Waals surface area contributed by atoms with E-state index < -0.39 is 11.2 Å². The number of nitrogens with one attached hydrogen (secondary N) is 2. The first-order valence-corrected chi connectivity index (χ1v) is 7.47. The highest BCUT2D eigenvalue weighted by molar-refractivity contribution is 8.01. The number of carboxylic acids is 1. The number of hydrogen-bond donors (Lipinski definition) is 3. The number of carbonyl (C=O) groups is 3. The average molecular weight is 329 g/mol. The van der Waals surface area contributed by atoms with Gasteiger partial charge in [-0.15, -0.1) is 11.8 Å². The Morgan fingerprint density at radius 2 is 2.19 bits per heavy atom. The molecular weight excluding hydrogens is 316 g/mol. The highest BCUT2D eigenvalue weighted by Crippen LogP contribution is 2.38. The van der Waals surface area contributed by atoms with E-state index in [2.05, 4.69) is 10.6 Å². The van der Waals surface area contributed by atoms with Gasteiger partial charge in [-0.1, -0.05) is 11.6 Å². The van der Waals surface area contributed by atoms with E-state index in [4.69, 9.17) is 16.7 Å². The Morgan fingerprint density at radius 1 is 1.43 bits per heavy atom. The van der Waals surface area contributed by atoms with Gasteiger partial charge in [0.25, 0.3) is 0 Å². The largest absolute Gasteiger partial charge is 0.481 e. The molecular formula is C13H13ClN2O4S. The predicted octanol–water partition coefficient (Wildman–Crippen LogP) is 1.73. The van der Waals surface area contributed by atoms with E-state index in [0.717, 1.165) is 4.90 Å². The number of hydrogen-bond acceptors (Lipinski definition) is 4. The fourth-order valence-electron chi connectivity index (χ4n) is 1.81. The van der Waals surface area contributed by atoms with Crippen LogP contribution in [0.4, 0.5) is 5.69 Å².